The van der Waals surface area contributed by atoms with Gasteiger partial charge in [-0.1, -0.05) is 6.92 Å². The quantitative estimate of drug-likeness (QED) is 0.602. The molecule has 0 amide bonds. The second kappa shape index (κ2) is 4.66. The standard InChI is InChI=1S/C7H15NO2/c1-2-5-8-7-4-3-6-9-10-7/h7-8H,2-6H2,1H3. The van der Waals surface area contributed by atoms with Gasteiger partial charge in [0.05, 0.1) is 6.61 Å². The summed E-state index contributed by atoms with van der Waals surface area (Å²) in [5, 5.41) is 3.22. The van der Waals surface area contributed by atoms with Crippen molar-refractivity contribution in [2.75, 3.05) is 13.2 Å². The van der Waals surface area contributed by atoms with Gasteiger partial charge in [0.2, 0.25) is 0 Å². The lowest BCUT2D eigenvalue weighted by molar-refractivity contribution is -0.350. The smallest absolute Gasteiger partial charge is 0.143 e. The molecule has 1 N–H and O–H groups in total. The van der Waals surface area contributed by atoms with Crippen molar-refractivity contribution in [2.24, 2.45) is 0 Å². The van der Waals surface area contributed by atoms with E-state index in [1.54, 1.807) is 0 Å². The van der Waals surface area contributed by atoms with Gasteiger partial charge in [-0.05, 0) is 25.8 Å². The van der Waals surface area contributed by atoms with Crippen molar-refractivity contribution in [1.82, 2.24) is 5.32 Å². The van der Waals surface area contributed by atoms with Crippen LogP contribution in [0.25, 0.3) is 0 Å². The van der Waals surface area contributed by atoms with Crippen molar-refractivity contribution in [3.05, 3.63) is 0 Å². The molecule has 0 aromatic rings. The summed E-state index contributed by atoms with van der Waals surface area (Å²) in [6, 6.07) is 0. The van der Waals surface area contributed by atoms with E-state index in [1.807, 2.05) is 0 Å². The molecule has 3 heteroatoms. The van der Waals surface area contributed by atoms with Gasteiger partial charge in [-0.15, -0.1) is 0 Å². The molecule has 1 atom stereocenters. The molecule has 0 saturated carbocycles. The molecule has 60 valence electrons. The highest BCUT2D eigenvalue weighted by Crippen LogP contribution is 2.06. The fraction of sp³-hybridized carbons (Fsp3) is 1.00. The Morgan fingerprint density at radius 3 is 3.10 bits per heavy atom. The van der Waals surface area contributed by atoms with Crippen LogP contribution in [-0.4, -0.2) is 19.4 Å². The van der Waals surface area contributed by atoms with E-state index in [2.05, 4.69) is 12.2 Å². The second-order valence-electron chi connectivity index (χ2n) is 2.50. The van der Waals surface area contributed by atoms with Gasteiger partial charge in [0, 0.05) is 0 Å². The summed E-state index contributed by atoms with van der Waals surface area (Å²) in [5.74, 6) is 0. The van der Waals surface area contributed by atoms with Crippen LogP contribution in [0, 0.1) is 0 Å². The van der Waals surface area contributed by atoms with Crippen LogP contribution < -0.4 is 5.32 Å². The van der Waals surface area contributed by atoms with Crippen LogP contribution in [0.1, 0.15) is 26.2 Å². The molecule has 1 aliphatic rings. The zero-order valence-corrected chi connectivity index (χ0v) is 6.43. The maximum atomic E-state index is 4.97. The first kappa shape index (κ1) is 7.98. The third-order valence-corrected chi connectivity index (χ3v) is 1.50. The van der Waals surface area contributed by atoms with E-state index in [9.17, 15) is 0 Å². The van der Waals surface area contributed by atoms with Crippen molar-refractivity contribution in [3.63, 3.8) is 0 Å². The second-order valence-corrected chi connectivity index (χ2v) is 2.50. The highest BCUT2D eigenvalue weighted by molar-refractivity contribution is 4.55. The molecule has 0 aliphatic carbocycles. The molecular weight excluding hydrogens is 130 g/mol. The third kappa shape index (κ3) is 2.64. The van der Waals surface area contributed by atoms with Crippen molar-refractivity contribution < 1.29 is 9.78 Å². The summed E-state index contributed by atoms with van der Waals surface area (Å²) in [5.41, 5.74) is 0. The fourth-order valence-electron chi connectivity index (χ4n) is 0.947. The topological polar surface area (TPSA) is 30.5 Å². The Bertz CT molecular complexity index is 81.7. The largest absolute Gasteiger partial charge is 0.289 e. The molecular formula is C7H15NO2. The highest BCUT2D eigenvalue weighted by Gasteiger charge is 2.12. The van der Waals surface area contributed by atoms with E-state index < -0.39 is 0 Å². The summed E-state index contributed by atoms with van der Waals surface area (Å²) in [6.07, 6.45) is 3.44. The van der Waals surface area contributed by atoms with Crippen LogP contribution in [0.4, 0.5) is 0 Å². The molecule has 1 unspecified atom stereocenters. The predicted octanol–water partition coefficient (Wildman–Crippen LogP) is 1.05. The average Bonchev–Trinajstić information content (AvgIpc) is 2.03. The molecule has 1 heterocycles. The Morgan fingerprint density at radius 1 is 1.60 bits per heavy atom. The van der Waals surface area contributed by atoms with Gasteiger partial charge >= 0.3 is 0 Å². The summed E-state index contributed by atoms with van der Waals surface area (Å²) in [7, 11) is 0. The maximum absolute atomic E-state index is 4.97. The number of rotatable bonds is 3. The Balaban J connectivity index is 2.02. The minimum Gasteiger partial charge on any atom is -0.289 e. The minimum atomic E-state index is 0.133. The van der Waals surface area contributed by atoms with Gasteiger partial charge < -0.3 is 0 Å². The fourth-order valence-corrected chi connectivity index (χ4v) is 0.947. The molecule has 0 bridgehead atoms. The summed E-state index contributed by atoms with van der Waals surface area (Å²) < 4.78 is 0. The average molecular weight is 145 g/mol. The summed E-state index contributed by atoms with van der Waals surface area (Å²) in [6.45, 7) is 3.88. The Kier molecular flexibility index (Phi) is 3.72. The van der Waals surface area contributed by atoms with Crippen LogP contribution in [0.3, 0.4) is 0 Å². The van der Waals surface area contributed by atoms with Crippen LogP contribution in [-0.2, 0) is 9.78 Å². The normalized spacial score (nSPS) is 26.7. The van der Waals surface area contributed by atoms with E-state index in [4.69, 9.17) is 9.78 Å². The monoisotopic (exact) mass is 145 g/mol. The van der Waals surface area contributed by atoms with Crippen LogP contribution >= 0.6 is 0 Å². The van der Waals surface area contributed by atoms with Gasteiger partial charge in [-0.3, -0.25) is 5.32 Å². The first-order valence-corrected chi connectivity index (χ1v) is 3.95. The van der Waals surface area contributed by atoms with Crippen LogP contribution in [0.15, 0.2) is 0 Å². The molecule has 0 spiro atoms. The van der Waals surface area contributed by atoms with Gasteiger partial charge in [0.25, 0.3) is 0 Å². The third-order valence-electron chi connectivity index (χ3n) is 1.50. The van der Waals surface area contributed by atoms with Crippen LogP contribution in [0.2, 0.25) is 0 Å². The zero-order valence-electron chi connectivity index (χ0n) is 6.43. The maximum Gasteiger partial charge on any atom is 0.143 e. The van der Waals surface area contributed by atoms with Gasteiger partial charge in [0.1, 0.15) is 6.23 Å². The molecule has 10 heavy (non-hydrogen) atoms. The SMILES string of the molecule is CCCNC1CCCOO1. The van der Waals surface area contributed by atoms with E-state index in [1.165, 1.54) is 0 Å². The molecule has 1 fully saturated rings. The van der Waals surface area contributed by atoms with Gasteiger partial charge in [0.15, 0.2) is 0 Å². The molecule has 1 saturated heterocycles. The first-order chi connectivity index (χ1) is 4.93. The number of hydrogen-bond donors (Lipinski definition) is 1. The molecule has 1 rings (SSSR count). The molecule has 0 aromatic heterocycles. The van der Waals surface area contributed by atoms with Crippen molar-refractivity contribution >= 4 is 0 Å². The van der Waals surface area contributed by atoms with Gasteiger partial charge in [-0.25, -0.2) is 9.78 Å². The Hall–Kier alpha value is -0.120. The van der Waals surface area contributed by atoms with Crippen LogP contribution in [0.5, 0.6) is 0 Å². The van der Waals surface area contributed by atoms with E-state index in [0.717, 1.165) is 32.4 Å². The Labute approximate surface area is 61.6 Å². The number of hydrogen-bond acceptors (Lipinski definition) is 3. The summed E-state index contributed by atoms with van der Waals surface area (Å²) in [4.78, 5) is 9.79. The number of nitrogens with one attached hydrogen (secondary N) is 1. The van der Waals surface area contributed by atoms with E-state index >= 15 is 0 Å². The minimum absolute atomic E-state index is 0.133. The van der Waals surface area contributed by atoms with Crippen molar-refractivity contribution in [1.29, 1.82) is 0 Å². The predicted molar refractivity (Wildman–Crippen MR) is 38.4 cm³/mol. The van der Waals surface area contributed by atoms with E-state index in [0.29, 0.717) is 0 Å². The van der Waals surface area contributed by atoms with Crippen molar-refractivity contribution in [2.45, 2.75) is 32.4 Å². The first-order valence-electron chi connectivity index (χ1n) is 3.95. The molecule has 0 aromatic carbocycles. The molecule has 1 aliphatic heterocycles. The molecule has 3 nitrogen and oxygen atoms in total. The summed E-state index contributed by atoms with van der Waals surface area (Å²) >= 11 is 0. The Morgan fingerprint density at radius 2 is 2.50 bits per heavy atom. The van der Waals surface area contributed by atoms with E-state index in [-0.39, 0.29) is 6.23 Å². The zero-order chi connectivity index (χ0) is 7.23. The lowest BCUT2D eigenvalue weighted by atomic mass is 10.3. The van der Waals surface area contributed by atoms with Crippen molar-refractivity contribution in [3.8, 4) is 0 Å². The molecule has 0 radical (unpaired) electrons. The lowest BCUT2D eigenvalue weighted by Gasteiger charge is -2.21. The lowest BCUT2D eigenvalue weighted by Crippen LogP contribution is -2.35. The van der Waals surface area contributed by atoms with Gasteiger partial charge in [-0.2, -0.15) is 0 Å². The highest BCUT2D eigenvalue weighted by atomic mass is 17.2.